The second-order valence-electron chi connectivity index (χ2n) is 7.38. The van der Waals surface area contributed by atoms with E-state index in [0.717, 1.165) is 0 Å². The molecule has 33 heavy (non-hydrogen) atoms. The number of carbonyl (C=O) groups excluding carboxylic acids is 1. The quantitative estimate of drug-likeness (QED) is 0.318. The van der Waals surface area contributed by atoms with Crippen molar-refractivity contribution >= 4 is 27.9 Å². The van der Waals surface area contributed by atoms with Crippen LogP contribution in [0.3, 0.4) is 0 Å². The Morgan fingerprint density at radius 3 is 2.52 bits per heavy atom. The first-order valence-corrected chi connectivity index (χ1v) is 10.4. The van der Waals surface area contributed by atoms with E-state index in [0.29, 0.717) is 39.0 Å². The smallest absolute Gasteiger partial charge is 0.347 e. The Labute approximate surface area is 188 Å². The number of aryl methyl sites for hydroxylation is 1. The minimum Gasteiger partial charge on any atom is -0.493 e. The van der Waals surface area contributed by atoms with Gasteiger partial charge in [-0.2, -0.15) is 0 Å². The van der Waals surface area contributed by atoms with Crippen molar-refractivity contribution in [3.8, 4) is 22.6 Å². The number of benzene rings is 2. The monoisotopic (exact) mass is 450 g/mol. The van der Waals surface area contributed by atoms with Crippen molar-refractivity contribution in [2.75, 3.05) is 13.7 Å². The van der Waals surface area contributed by atoms with E-state index in [2.05, 4.69) is 0 Å². The number of rotatable bonds is 6. The zero-order chi connectivity index (χ0) is 23.7. The summed E-state index contributed by atoms with van der Waals surface area (Å²) in [4.78, 5) is 37.2. The van der Waals surface area contributed by atoms with Crippen LogP contribution in [0.15, 0.2) is 60.9 Å². The number of hydrogen-bond acceptors (Lipinski definition) is 8. The Morgan fingerprint density at radius 2 is 1.79 bits per heavy atom. The van der Waals surface area contributed by atoms with E-state index in [-0.39, 0.29) is 17.8 Å². The van der Waals surface area contributed by atoms with Gasteiger partial charge in [0.25, 0.3) is 0 Å². The highest BCUT2D eigenvalue weighted by molar-refractivity contribution is 5.97. The molecule has 0 aliphatic carbocycles. The summed E-state index contributed by atoms with van der Waals surface area (Å²) in [6.07, 6.45) is -0.849. The summed E-state index contributed by atoms with van der Waals surface area (Å²) in [5.74, 6) is 0.289. The lowest BCUT2D eigenvalue weighted by atomic mass is 10.0. The van der Waals surface area contributed by atoms with E-state index in [1.807, 2.05) is 0 Å². The first-order chi connectivity index (χ1) is 15.8. The number of methoxy groups -OCH3 is 1. The van der Waals surface area contributed by atoms with Crippen LogP contribution in [-0.2, 0) is 9.53 Å². The third-order valence-corrected chi connectivity index (χ3v) is 5.27. The predicted molar refractivity (Wildman–Crippen MR) is 122 cm³/mol. The summed E-state index contributed by atoms with van der Waals surface area (Å²) >= 11 is 0. The molecule has 0 fully saturated rings. The number of carbonyl (C=O) groups is 1. The molecule has 0 aliphatic rings. The molecule has 0 spiro atoms. The summed E-state index contributed by atoms with van der Waals surface area (Å²) in [6.45, 7) is 5.22. The molecule has 170 valence electrons. The Bertz CT molecular complexity index is 1480. The van der Waals surface area contributed by atoms with Crippen LogP contribution in [0.4, 0.5) is 0 Å². The van der Waals surface area contributed by atoms with Gasteiger partial charge in [0.1, 0.15) is 11.3 Å². The molecule has 8 nitrogen and oxygen atoms in total. The lowest BCUT2D eigenvalue weighted by molar-refractivity contribution is -0.150. The van der Waals surface area contributed by atoms with Gasteiger partial charge in [-0.3, -0.25) is 0 Å². The van der Waals surface area contributed by atoms with E-state index in [1.54, 1.807) is 57.2 Å². The summed E-state index contributed by atoms with van der Waals surface area (Å²) < 4.78 is 26.9. The summed E-state index contributed by atoms with van der Waals surface area (Å²) in [5, 5.41) is 1.17. The minimum absolute atomic E-state index is 0.210. The van der Waals surface area contributed by atoms with Gasteiger partial charge in [0.2, 0.25) is 0 Å². The van der Waals surface area contributed by atoms with Crippen LogP contribution >= 0.6 is 0 Å². The fourth-order valence-corrected chi connectivity index (χ4v) is 3.66. The molecule has 4 rings (SSSR count). The Hall–Kier alpha value is -4.07. The highest BCUT2D eigenvalue weighted by atomic mass is 16.6. The van der Waals surface area contributed by atoms with Gasteiger partial charge in [0.05, 0.1) is 19.3 Å². The van der Waals surface area contributed by atoms with Gasteiger partial charge in [-0.15, -0.1) is 0 Å². The molecule has 0 saturated carbocycles. The van der Waals surface area contributed by atoms with Crippen LogP contribution in [0.5, 0.6) is 11.5 Å². The van der Waals surface area contributed by atoms with Gasteiger partial charge in [0, 0.05) is 28.0 Å². The number of esters is 1. The maximum atomic E-state index is 12.9. The van der Waals surface area contributed by atoms with Gasteiger partial charge in [-0.1, -0.05) is 12.1 Å². The van der Waals surface area contributed by atoms with Crippen LogP contribution in [0, 0.1) is 6.92 Å². The molecule has 0 N–H and O–H groups in total. The molecular weight excluding hydrogens is 428 g/mol. The van der Waals surface area contributed by atoms with Crippen LogP contribution < -0.4 is 20.7 Å². The Balaban J connectivity index is 1.87. The fraction of sp³-hybridized carbons (Fsp3) is 0.240. The van der Waals surface area contributed by atoms with Gasteiger partial charge in [-0.25, -0.2) is 14.4 Å². The van der Waals surface area contributed by atoms with Crippen molar-refractivity contribution in [1.29, 1.82) is 0 Å². The molecule has 1 atom stereocenters. The fourth-order valence-electron chi connectivity index (χ4n) is 3.66. The van der Waals surface area contributed by atoms with Crippen LogP contribution in [-0.4, -0.2) is 25.8 Å². The number of fused-ring (bicyclic) bond motifs is 2. The molecule has 2 heterocycles. The average Bonchev–Trinajstić information content (AvgIpc) is 2.80. The van der Waals surface area contributed by atoms with Gasteiger partial charge in [-0.05, 0) is 45.0 Å². The third-order valence-electron chi connectivity index (χ3n) is 5.27. The minimum atomic E-state index is -0.849. The molecule has 0 amide bonds. The molecule has 2 aromatic heterocycles. The first-order valence-electron chi connectivity index (χ1n) is 10.4. The second-order valence-corrected chi connectivity index (χ2v) is 7.38. The molecule has 0 saturated heterocycles. The summed E-state index contributed by atoms with van der Waals surface area (Å²) in [5.41, 5.74) is 0.398. The predicted octanol–water partition coefficient (Wildman–Crippen LogP) is 4.21. The number of para-hydroxylation sites is 1. The van der Waals surface area contributed by atoms with E-state index in [4.69, 9.17) is 23.0 Å². The van der Waals surface area contributed by atoms with Crippen molar-refractivity contribution in [3.05, 3.63) is 68.9 Å². The zero-order valence-corrected chi connectivity index (χ0v) is 18.6. The molecule has 4 aromatic rings. The van der Waals surface area contributed by atoms with E-state index >= 15 is 0 Å². The largest absolute Gasteiger partial charge is 0.493 e. The highest BCUT2D eigenvalue weighted by Crippen LogP contribution is 2.34. The van der Waals surface area contributed by atoms with Crippen LogP contribution in [0.25, 0.3) is 33.1 Å². The van der Waals surface area contributed by atoms with Crippen molar-refractivity contribution < 1.29 is 27.8 Å². The van der Waals surface area contributed by atoms with Gasteiger partial charge < -0.3 is 23.0 Å². The first kappa shape index (κ1) is 22.1. The van der Waals surface area contributed by atoms with Gasteiger partial charge in [0.15, 0.2) is 17.4 Å². The second kappa shape index (κ2) is 8.82. The van der Waals surface area contributed by atoms with E-state index < -0.39 is 23.3 Å². The molecule has 8 heteroatoms. The lowest BCUT2D eigenvalue weighted by Gasteiger charge is -2.16. The topological polar surface area (TPSA) is 105 Å². The SMILES string of the molecule is CCOC(=O)[C@H](C)Oc1ccc2c(-c3cc4cccc(OC)c4oc3=O)cc(=O)oc2c1C. The standard InChI is InChI=1S/C25H22O8/c1-5-30-24(27)14(3)31-19-10-9-16-17(12-21(26)32-22(16)13(19)2)18-11-15-7-6-8-20(29-4)23(15)33-25(18)28/h6-12,14H,5H2,1-4H3/t14-/m0/s1. The molecule has 2 aromatic carbocycles. The normalized spacial score (nSPS) is 12.0. The molecule has 0 aliphatic heterocycles. The van der Waals surface area contributed by atoms with Gasteiger partial charge >= 0.3 is 17.2 Å². The lowest BCUT2D eigenvalue weighted by Crippen LogP contribution is -2.26. The molecule has 0 bridgehead atoms. The molecule has 0 unspecified atom stereocenters. The van der Waals surface area contributed by atoms with Crippen LogP contribution in [0.1, 0.15) is 19.4 Å². The van der Waals surface area contributed by atoms with E-state index in [9.17, 15) is 14.4 Å². The number of hydrogen-bond donors (Lipinski definition) is 0. The molecular formula is C25H22O8. The molecule has 0 radical (unpaired) electrons. The van der Waals surface area contributed by atoms with Crippen molar-refractivity contribution in [3.63, 3.8) is 0 Å². The third kappa shape index (κ3) is 4.07. The summed E-state index contributed by atoms with van der Waals surface area (Å²) in [6, 6.07) is 11.5. The maximum Gasteiger partial charge on any atom is 0.347 e. The Kier molecular flexibility index (Phi) is 5.91. The van der Waals surface area contributed by atoms with Crippen molar-refractivity contribution in [2.45, 2.75) is 26.9 Å². The van der Waals surface area contributed by atoms with Crippen molar-refractivity contribution in [1.82, 2.24) is 0 Å². The average molecular weight is 450 g/mol. The van der Waals surface area contributed by atoms with Crippen LogP contribution in [0.2, 0.25) is 0 Å². The maximum absolute atomic E-state index is 12.9. The van der Waals surface area contributed by atoms with E-state index in [1.165, 1.54) is 13.2 Å². The number of ether oxygens (including phenoxy) is 3. The Morgan fingerprint density at radius 1 is 1.00 bits per heavy atom. The zero-order valence-electron chi connectivity index (χ0n) is 18.6. The highest BCUT2D eigenvalue weighted by Gasteiger charge is 2.20. The summed E-state index contributed by atoms with van der Waals surface area (Å²) in [7, 11) is 1.49. The van der Waals surface area contributed by atoms with Crippen molar-refractivity contribution in [2.24, 2.45) is 0 Å².